The normalized spacial score (nSPS) is 18.7. The Bertz CT molecular complexity index is 1070. The molecule has 2 heterocycles. The van der Waals surface area contributed by atoms with Gasteiger partial charge in [-0.3, -0.25) is 4.98 Å². The summed E-state index contributed by atoms with van der Waals surface area (Å²) < 4.78 is 5.53. The summed E-state index contributed by atoms with van der Waals surface area (Å²) in [5, 5.41) is 4.15. The minimum Gasteiger partial charge on any atom is -0.444 e. The van der Waals surface area contributed by atoms with Crippen molar-refractivity contribution in [3.8, 4) is 0 Å². The molecular formula is C22H23N3O2. The summed E-state index contributed by atoms with van der Waals surface area (Å²) in [6.45, 7) is 11.8. The van der Waals surface area contributed by atoms with Gasteiger partial charge in [-0.05, 0) is 51.0 Å². The van der Waals surface area contributed by atoms with Crippen LogP contribution in [0, 0.1) is 0 Å². The average molecular weight is 361 g/mol. The number of fused-ring (bicyclic) bond motifs is 4. The highest BCUT2D eigenvalue weighted by Gasteiger charge is 2.42. The Morgan fingerprint density at radius 1 is 1.26 bits per heavy atom. The molecule has 0 aliphatic heterocycles. The predicted molar refractivity (Wildman–Crippen MR) is 106 cm³/mol. The lowest BCUT2D eigenvalue weighted by molar-refractivity contribution is 0.0477. The number of H-pyrrole nitrogens is 1. The first-order chi connectivity index (χ1) is 12.7. The smallest absolute Gasteiger partial charge is 0.408 e. The van der Waals surface area contributed by atoms with Crippen molar-refractivity contribution in [1.29, 1.82) is 0 Å². The minimum absolute atomic E-state index is 0.475. The summed E-state index contributed by atoms with van der Waals surface area (Å²) in [5.74, 6) is 0. The molecule has 1 amide bonds. The van der Waals surface area contributed by atoms with Crippen molar-refractivity contribution in [2.75, 3.05) is 0 Å². The van der Waals surface area contributed by atoms with Gasteiger partial charge in [0.05, 0.1) is 5.69 Å². The lowest BCUT2D eigenvalue weighted by atomic mass is 9.75. The Hall–Kier alpha value is -3.08. The number of pyridine rings is 1. The monoisotopic (exact) mass is 361 g/mol. The summed E-state index contributed by atoms with van der Waals surface area (Å²) in [6, 6.07) is 10.0. The largest absolute Gasteiger partial charge is 0.444 e. The summed E-state index contributed by atoms with van der Waals surface area (Å²) in [7, 11) is 0. The number of aromatic amines is 1. The number of nitrogens with zero attached hydrogens (tertiary/aromatic N) is 1. The molecule has 1 aliphatic carbocycles. The third-order valence-corrected chi connectivity index (χ3v) is 4.94. The number of benzene rings is 1. The molecule has 0 spiro atoms. The van der Waals surface area contributed by atoms with Gasteiger partial charge >= 0.3 is 6.09 Å². The van der Waals surface area contributed by atoms with Crippen LogP contribution in [0.4, 0.5) is 4.79 Å². The van der Waals surface area contributed by atoms with Crippen molar-refractivity contribution >= 4 is 22.6 Å². The molecule has 27 heavy (non-hydrogen) atoms. The van der Waals surface area contributed by atoms with Crippen LogP contribution in [-0.2, 0) is 10.3 Å². The van der Waals surface area contributed by atoms with Crippen LogP contribution in [0.5, 0.6) is 0 Å². The summed E-state index contributed by atoms with van der Waals surface area (Å²) in [5.41, 5.74) is 4.29. The molecule has 0 saturated carbocycles. The fraction of sp³-hybridized carbons (Fsp3) is 0.273. The van der Waals surface area contributed by atoms with Crippen LogP contribution in [0.1, 0.15) is 50.1 Å². The molecule has 0 radical (unpaired) electrons. The maximum Gasteiger partial charge on any atom is 0.408 e. The maximum atomic E-state index is 12.7. The summed E-state index contributed by atoms with van der Waals surface area (Å²) in [6.07, 6.45) is 3.06. The lowest BCUT2D eigenvalue weighted by Crippen LogP contribution is -2.48. The zero-order valence-corrected chi connectivity index (χ0v) is 16.0. The molecule has 1 aromatic carbocycles. The molecule has 4 rings (SSSR count). The van der Waals surface area contributed by atoms with Gasteiger partial charge in [-0.25, -0.2) is 4.79 Å². The number of ether oxygens (including phenoxy) is 1. The Morgan fingerprint density at radius 3 is 2.74 bits per heavy atom. The molecule has 1 aliphatic rings. The Labute approximate surface area is 158 Å². The Morgan fingerprint density at radius 2 is 2.00 bits per heavy atom. The van der Waals surface area contributed by atoms with E-state index in [1.165, 1.54) is 0 Å². The van der Waals surface area contributed by atoms with E-state index in [2.05, 4.69) is 27.9 Å². The average Bonchev–Trinajstić information content (AvgIpc) is 2.99. The van der Waals surface area contributed by atoms with Crippen LogP contribution in [0.2, 0.25) is 0 Å². The van der Waals surface area contributed by atoms with Gasteiger partial charge in [0, 0.05) is 34.4 Å². The molecule has 0 fully saturated rings. The second kappa shape index (κ2) is 5.71. The molecular weight excluding hydrogens is 338 g/mol. The van der Waals surface area contributed by atoms with E-state index in [9.17, 15) is 4.79 Å². The molecule has 5 nitrogen and oxygen atoms in total. The van der Waals surface area contributed by atoms with E-state index in [0.29, 0.717) is 0 Å². The highest BCUT2D eigenvalue weighted by atomic mass is 16.6. The van der Waals surface area contributed by atoms with Crippen LogP contribution in [0.3, 0.4) is 0 Å². The number of carbonyl (C=O) groups is 1. The number of alkyl carbamates (subject to hydrolysis) is 1. The lowest BCUT2D eigenvalue weighted by Gasteiger charge is -2.37. The zero-order valence-electron chi connectivity index (χ0n) is 16.0. The fourth-order valence-electron chi connectivity index (χ4n) is 3.79. The summed E-state index contributed by atoms with van der Waals surface area (Å²) >= 11 is 0. The number of hydrogen-bond donors (Lipinski definition) is 2. The van der Waals surface area contributed by atoms with Crippen molar-refractivity contribution in [2.24, 2.45) is 0 Å². The second-order valence-corrected chi connectivity index (χ2v) is 8.07. The van der Waals surface area contributed by atoms with Gasteiger partial charge in [0.15, 0.2) is 0 Å². The van der Waals surface area contributed by atoms with E-state index < -0.39 is 17.2 Å². The van der Waals surface area contributed by atoms with Gasteiger partial charge in [0.25, 0.3) is 0 Å². The molecule has 3 aromatic rings. The van der Waals surface area contributed by atoms with Crippen LogP contribution in [-0.4, -0.2) is 21.7 Å². The van der Waals surface area contributed by atoms with Gasteiger partial charge in [-0.1, -0.05) is 24.8 Å². The molecule has 0 saturated heterocycles. The summed E-state index contributed by atoms with van der Waals surface area (Å²) in [4.78, 5) is 20.4. The number of nitrogens with one attached hydrogen (secondary N) is 2. The Kier molecular flexibility index (Phi) is 3.67. The van der Waals surface area contributed by atoms with Crippen LogP contribution >= 0.6 is 0 Å². The molecule has 1 atom stereocenters. The quantitative estimate of drug-likeness (QED) is 0.659. The number of hydrogen-bond acceptors (Lipinski definition) is 3. The maximum absolute atomic E-state index is 12.7. The first kappa shape index (κ1) is 17.3. The van der Waals surface area contributed by atoms with Gasteiger partial charge in [-0.15, -0.1) is 0 Å². The minimum atomic E-state index is -0.818. The van der Waals surface area contributed by atoms with Crippen LogP contribution < -0.4 is 5.32 Å². The van der Waals surface area contributed by atoms with E-state index in [4.69, 9.17) is 4.74 Å². The van der Waals surface area contributed by atoms with Gasteiger partial charge in [0.2, 0.25) is 0 Å². The van der Waals surface area contributed by atoms with Gasteiger partial charge in [0.1, 0.15) is 11.1 Å². The number of carbonyl (C=O) groups excluding carboxylic acids is 1. The third kappa shape index (κ3) is 2.70. The zero-order chi connectivity index (χ0) is 19.4. The van der Waals surface area contributed by atoms with Crippen LogP contribution in [0.25, 0.3) is 16.5 Å². The number of aromatic nitrogens is 2. The third-order valence-electron chi connectivity index (χ3n) is 4.94. The van der Waals surface area contributed by atoms with E-state index in [1.807, 2.05) is 52.0 Å². The van der Waals surface area contributed by atoms with Crippen LogP contribution in [0.15, 0.2) is 49.3 Å². The number of amides is 1. The van der Waals surface area contributed by atoms with Crippen molar-refractivity contribution in [1.82, 2.24) is 15.3 Å². The SMILES string of the molecule is C=C1c2ccncc2C(C)(NC(=O)OC(C)(C)C)c2[nH]c3ccccc3c21. The van der Waals surface area contributed by atoms with Crippen molar-refractivity contribution < 1.29 is 9.53 Å². The number of para-hydroxylation sites is 1. The topological polar surface area (TPSA) is 67.0 Å². The van der Waals surface area contributed by atoms with E-state index in [-0.39, 0.29) is 0 Å². The van der Waals surface area contributed by atoms with Crippen molar-refractivity contribution in [3.05, 3.63) is 71.7 Å². The van der Waals surface area contributed by atoms with E-state index >= 15 is 0 Å². The predicted octanol–water partition coefficient (Wildman–Crippen LogP) is 4.73. The highest BCUT2D eigenvalue weighted by Crippen LogP contribution is 2.46. The van der Waals surface area contributed by atoms with Crippen molar-refractivity contribution in [2.45, 2.75) is 38.8 Å². The van der Waals surface area contributed by atoms with E-state index in [0.717, 1.165) is 38.9 Å². The van der Waals surface area contributed by atoms with Crippen molar-refractivity contribution in [3.63, 3.8) is 0 Å². The fourth-order valence-corrected chi connectivity index (χ4v) is 3.79. The first-order valence-electron chi connectivity index (χ1n) is 8.97. The molecule has 1 unspecified atom stereocenters. The second-order valence-electron chi connectivity index (χ2n) is 8.07. The van der Waals surface area contributed by atoms with Gasteiger partial charge < -0.3 is 15.0 Å². The molecule has 2 aromatic heterocycles. The van der Waals surface area contributed by atoms with E-state index in [1.54, 1.807) is 12.4 Å². The standard InChI is InChI=1S/C22H23N3O2/c1-13-14-10-11-23-12-16(14)22(5,25-20(26)27-21(2,3)4)19-18(13)15-8-6-7-9-17(15)24-19/h6-12,24H,1H2,2-5H3,(H,25,26). The molecule has 138 valence electrons. The molecule has 0 bridgehead atoms. The highest BCUT2D eigenvalue weighted by molar-refractivity contribution is 6.01. The Balaban J connectivity index is 1.93. The first-order valence-corrected chi connectivity index (χ1v) is 8.97. The van der Waals surface area contributed by atoms with Gasteiger partial charge in [-0.2, -0.15) is 0 Å². The molecule has 5 heteroatoms. The molecule has 2 N–H and O–H groups in total. The number of rotatable bonds is 1.